The number of likely N-dealkylation sites (tertiary alicyclic amines) is 1. The molecular formula is C24H34Cl2N4O. The van der Waals surface area contributed by atoms with Gasteiger partial charge in [0.1, 0.15) is 0 Å². The number of rotatable bonds is 5. The number of aryl methyl sites for hydroxylation is 1. The van der Waals surface area contributed by atoms with Gasteiger partial charge in [-0.05, 0) is 23.6 Å². The lowest BCUT2D eigenvalue weighted by atomic mass is 9.95. The number of carbonyl (C=O) groups is 1. The molecule has 2 fully saturated rings. The summed E-state index contributed by atoms with van der Waals surface area (Å²) in [5, 5.41) is 0. The Morgan fingerprint density at radius 3 is 2.23 bits per heavy atom. The standard InChI is InChI=1S/C24H32N4O.2ClH/c1-19-7-5-6-10-21(19)15-26-11-13-28(14-12-26)24(29)18-27-16-22(23(25)17-27)20-8-3-2-4-9-20;;/h2-10,22-23H,11-18,25H2,1H3;2*1H/t22-,23+;;/m0../s1. The van der Waals surface area contributed by atoms with E-state index in [2.05, 4.69) is 65.3 Å². The molecule has 7 heteroatoms. The van der Waals surface area contributed by atoms with Crippen LogP contribution in [-0.2, 0) is 11.3 Å². The quantitative estimate of drug-likeness (QED) is 0.738. The van der Waals surface area contributed by atoms with Crippen LogP contribution < -0.4 is 5.73 Å². The molecule has 2 aliphatic rings. The van der Waals surface area contributed by atoms with E-state index in [9.17, 15) is 4.79 Å². The summed E-state index contributed by atoms with van der Waals surface area (Å²) in [4.78, 5) is 19.5. The van der Waals surface area contributed by atoms with Crippen LogP contribution >= 0.6 is 24.8 Å². The zero-order chi connectivity index (χ0) is 20.2. The van der Waals surface area contributed by atoms with E-state index in [1.165, 1.54) is 16.7 Å². The monoisotopic (exact) mass is 464 g/mol. The minimum Gasteiger partial charge on any atom is -0.339 e. The number of halogens is 2. The van der Waals surface area contributed by atoms with E-state index in [0.717, 1.165) is 45.8 Å². The molecule has 31 heavy (non-hydrogen) atoms. The first-order valence-electron chi connectivity index (χ1n) is 10.7. The van der Waals surface area contributed by atoms with Crippen molar-refractivity contribution in [2.24, 2.45) is 5.73 Å². The van der Waals surface area contributed by atoms with Gasteiger partial charge in [0.25, 0.3) is 0 Å². The number of hydrogen-bond donors (Lipinski definition) is 1. The third-order valence-electron chi connectivity index (χ3n) is 6.41. The molecule has 1 amide bonds. The van der Waals surface area contributed by atoms with Crippen LogP contribution in [0.15, 0.2) is 54.6 Å². The van der Waals surface area contributed by atoms with E-state index in [0.29, 0.717) is 12.5 Å². The Hall–Kier alpha value is -1.63. The lowest BCUT2D eigenvalue weighted by Crippen LogP contribution is -2.50. The van der Waals surface area contributed by atoms with Crippen molar-refractivity contribution in [2.75, 3.05) is 45.8 Å². The van der Waals surface area contributed by atoms with Crippen LogP contribution in [-0.4, -0.2) is 72.5 Å². The average Bonchev–Trinajstić information content (AvgIpc) is 3.11. The van der Waals surface area contributed by atoms with Crippen molar-refractivity contribution >= 4 is 30.7 Å². The summed E-state index contributed by atoms with van der Waals surface area (Å²) in [7, 11) is 0. The van der Waals surface area contributed by atoms with Crippen LogP contribution in [0.25, 0.3) is 0 Å². The fourth-order valence-electron chi connectivity index (χ4n) is 4.57. The Morgan fingerprint density at radius 2 is 1.55 bits per heavy atom. The molecule has 0 bridgehead atoms. The largest absolute Gasteiger partial charge is 0.339 e. The number of amides is 1. The van der Waals surface area contributed by atoms with Gasteiger partial charge in [-0.1, -0.05) is 54.6 Å². The predicted molar refractivity (Wildman–Crippen MR) is 131 cm³/mol. The maximum absolute atomic E-state index is 12.8. The molecular weight excluding hydrogens is 431 g/mol. The predicted octanol–water partition coefficient (Wildman–Crippen LogP) is 2.91. The highest BCUT2D eigenvalue weighted by Gasteiger charge is 2.33. The van der Waals surface area contributed by atoms with E-state index in [-0.39, 0.29) is 36.8 Å². The molecule has 2 N–H and O–H groups in total. The fourth-order valence-corrected chi connectivity index (χ4v) is 4.57. The fraction of sp³-hybridized carbons (Fsp3) is 0.458. The third kappa shape index (κ3) is 6.43. The van der Waals surface area contributed by atoms with Crippen LogP contribution in [0.5, 0.6) is 0 Å². The number of piperazine rings is 1. The zero-order valence-corrected chi connectivity index (χ0v) is 19.8. The minimum absolute atomic E-state index is 0. The maximum atomic E-state index is 12.8. The molecule has 4 rings (SSSR count). The summed E-state index contributed by atoms with van der Waals surface area (Å²) in [6, 6.07) is 19.1. The normalized spacial score (nSPS) is 21.9. The van der Waals surface area contributed by atoms with Gasteiger partial charge in [0.15, 0.2) is 0 Å². The maximum Gasteiger partial charge on any atom is 0.236 e. The first kappa shape index (κ1) is 25.6. The Labute approximate surface area is 198 Å². The van der Waals surface area contributed by atoms with Gasteiger partial charge in [-0.15, -0.1) is 24.8 Å². The molecule has 2 aromatic rings. The van der Waals surface area contributed by atoms with Crippen LogP contribution in [0.3, 0.4) is 0 Å². The first-order chi connectivity index (χ1) is 14.1. The summed E-state index contributed by atoms with van der Waals surface area (Å²) < 4.78 is 0. The SMILES string of the molecule is Cc1ccccc1CN1CCN(C(=O)CN2C[C@@H](N)[C@H](c3ccccc3)C2)CC1.Cl.Cl. The highest BCUT2D eigenvalue weighted by Crippen LogP contribution is 2.26. The number of nitrogens with two attached hydrogens (primary N) is 1. The lowest BCUT2D eigenvalue weighted by Gasteiger charge is -2.35. The van der Waals surface area contributed by atoms with Gasteiger partial charge < -0.3 is 10.6 Å². The number of benzene rings is 2. The number of carbonyl (C=O) groups excluding carboxylic acids is 1. The molecule has 2 atom stereocenters. The van der Waals surface area contributed by atoms with Crippen molar-refractivity contribution in [3.8, 4) is 0 Å². The molecule has 2 aliphatic heterocycles. The molecule has 0 unspecified atom stereocenters. The third-order valence-corrected chi connectivity index (χ3v) is 6.41. The van der Waals surface area contributed by atoms with Crippen molar-refractivity contribution in [1.82, 2.24) is 14.7 Å². The van der Waals surface area contributed by atoms with Gasteiger partial charge in [-0.2, -0.15) is 0 Å². The highest BCUT2D eigenvalue weighted by molar-refractivity contribution is 5.85. The summed E-state index contributed by atoms with van der Waals surface area (Å²) in [5.74, 6) is 0.552. The van der Waals surface area contributed by atoms with Crippen LogP contribution in [0.4, 0.5) is 0 Å². The molecule has 0 radical (unpaired) electrons. The van der Waals surface area contributed by atoms with Gasteiger partial charge >= 0.3 is 0 Å². The van der Waals surface area contributed by atoms with Crippen LogP contribution in [0.1, 0.15) is 22.6 Å². The smallest absolute Gasteiger partial charge is 0.236 e. The molecule has 2 saturated heterocycles. The van der Waals surface area contributed by atoms with Gasteiger partial charge in [-0.25, -0.2) is 0 Å². The highest BCUT2D eigenvalue weighted by atomic mass is 35.5. The number of nitrogens with zero attached hydrogens (tertiary/aromatic N) is 3. The Morgan fingerprint density at radius 1 is 0.903 bits per heavy atom. The van der Waals surface area contributed by atoms with Gasteiger partial charge in [-0.3, -0.25) is 14.6 Å². The molecule has 0 saturated carbocycles. The van der Waals surface area contributed by atoms with Crippen molar-refractivity contribution in [3.63, 3.8) is 0 Å². The first-order valence-corrected chi connectivity index (χ1v) is 10.7. The second-order valence-electron chi connectivity index (χ2n) is 8.46. The topological polar surface area (TPSA) is 52.8 Å². The van der Waals surface area contributed by atoms with E-state index in [4.69, 9.17) is 5.73 Å². The second-order valence-corrected chi connectivity index (χ2v) is 8.46. The molecule has 170 valence electrons. The molecule has 2 heterocycles. The summed E-state index contributed by atoms with van der Waals surface area (Å²) >= 11 is 0. The van der Waals surface area contributed by atoms with E-state index >= 15 is 0 Å². The van der Waals surface area contributed by atoms with Crippen molar-refractivity contribution < 1.29 is 4.79 Å². The Kier molecular flexibility index (Phi) is 9.79. The number of hydrogen-bond acceptors (Lipinski definition) is 4. The van der Waals surface area contributed by atoms with E-state index in [1.807, 2.05) is 11.0 Å². The lowest BCUT2D eigenvalue weighted by molar-refractivity contribution is -0.134. The average molecular weight is 465 g/mol. The Bertz CT molecular complexity index is 827. The molecule has 0 aliphatic carbocycles. The van der Waals surface area contributed by atoms with Crippen molar-refractivity contribution in [3.05, 3.63) is 71.3 Å². The van der Waals surface area contributed by atoms with Gasteiger partial charge in [0, 0.05) is 57.8 Å². The van der Waals surface area contributed by atoms with E-state index < -0.39 is 0 Å². The minimum atomic E-state index is 0. The zero-order valence-electron chi connectivity index (χ0n) is 18.2. The van der Waals surface area contributed by atoms with Gasteiger partial charge in [0.05, 0.1) is 6.54 Å². The van der Waals surface area contributed by atoms with Gasteiger partial charge in [0.2, 0.25) is 5.91 Å². The Balaban J connectivity index is 0.00000171. The molecule has 0 aromatic heterocycles. The van der Waals surface area contributed by atoms with Crippen LogP contribution in [0, 0.1) is 6.92 Å². The summed E-state index contributed by atoms with van der Waals surface area (Å²) in [5.41, 5.74) is 10.4. The van der Waals surface area contributed by atoms with Crippen LogP contribution in [0.2, 0.25) is 0 Å². The molecule has 0 spiro atoms. The van der Waals surface area contributed by atoms with E-state index in [1.54, 1.807) is 0 Å². The van der Waals surface area contributed by atoms with Crippen molar-refractivity contribution in [2.45, 2.75) is 25.4 Å². The summed E-state index contributed by atoms with van der Waals surface area (Å²) in [6.45, 7) is 8.77. The summed E-state index contributed by atoms with van der Waals surface area (Å²) in [6.07, 6.45) is 0. The molecule has 2 aromatic carbocycles. The molecule has 5 nitrogen and oxygen atoms in total. The van der Waals surface area contributed by atoms with Crippen molar-refractivity contribution in [1.29, 1.82) is 0 Å². The second kappa shape index (κ2) is 11.8.